The summed E-state index contributed by atoms with van der Waals surface area (Å²) in [5.74, 6) is 0.850. The average Bonchev–Trinajstić information content (AvgIpc) is 3.00. The monoisotopic (exact) mass is 303 g/mol. The number of hydrogen-bond donors (Lipinski definition) is 1. The van der Waals surface area contributed by atoms with Crippen LogP contribution in [0.1, 0.15) is 30.1 Å². The van der Waals surface area contributed by atoms with Crippen molar-refractivity contribution >= 4 is 22.6 Å². The van der Waals surface area contributed by atoms with Crippen LogP contribution in [0.2, 0.25) is 5.02 Å². The standard InChI is InChI=1S/C16H18ClN3O/c1-4-18-15(13-8-10(2)19-20(13)3)14-9-11-6-5-7-12(17)16(11)21-14/h5-9,15,18H,4H2,1-3H3. The Morgan fingerprint density at radius 1 is 1.38 bits per heavy atom. The first-order valence-electron chi connectivity index (χ1n) is 7.02. The Morgan fingerprint density at radius 3 is 2.81 bits per heavy atom. The van der Waals surface area contributed by atoms with Gasteiger partial charge in [-0.15, -0.1) is 0 Å². The highest BCUT2D eigenvalue weighted by atomic mass is 35.5. The van der Waals surface area contributed by atoms with E-state index in [1.165, 1.54) is 0 Å². The van der Waals surface area contributed by atoms with Crippen LogP contribution in [0.4, 0.5) is 0 Å². The van der Waals surface area contributed by atoms with Crippen molar-refractivity contribution in [2.45, 2.75) is 19.9 Å². The number of para-hydroxylation sites is 1. The van der Waals surface area contributed by atoms with Gasteiger partial charge >= 0.3 is 0 Å². The molecule has 0 fully saturated rings. The van der Waals surface area contributed by atoms with Crippen molar-refractivity contribution in [3.63, 3.8) is 0 Å². The molecule has 1 aromatic carbocycles. The summed E-state index contributed by atoms with van der Waals surface area (Å²) in [4.78, 5) is 0. The number of hydrogen-bond acceptors (Lipinski definition) is 3. The maximum atomic E-state index is 6.20. The van der Waals surface area contributed by atoms with Crippen molar-refractivity contribution in [1.82, 2.24) is 15.1 Å². The van der Waals surface area contributed by atoms with Crippen LogP contribution in [0, 0.1) is 6.92 Å². The Bertz CT molecular complexity index is 775. The summed E-state index contributed by atoms with van der Waals surface area (Å²) in [6, 6.07) is 9.85. The third-order valence-corrected chi connectivity index (χ3v) is 3.84. The molecule has 0 amide bonds. The molecule has 21 heavy (non-hydrogen) atoms. The van der Waals surface area contributed by atoms with Crippen LogP contribution in [0.3, 0.4) is 0 Å². The summed E-state index contributed by atoms with van der Waals surface area (Å²) in [5.41, 5.74) is 2.80. The molecule has 0 saturated carbocycles. The van der Waals surface area contributed by atoms with Gasteiger partial charge in [-0.2, -0.15) is 5.10 Å². The molecule has 4 nitrogen and oxygen atoms in total. The van der Waals surface area contributed by atoms with Crippen molar-refractivity contribution < 1.29 is 4.42 Å². The lowest BCUT2D eigenvalue weighted by atomic mass is 10.1. The molecule has 2 heterocycles. The topological polar surface area (TPSA) is 43.0 Å². The minimum absolute atomic E-state index is 0.0373. The van der Waals surface area contributed by atoms with Crippen LogP contribution >= 0.6 is 11.6 Å². The Hall–Kier alpha value is -1.78. The fourth-order valence-corrected chi connectivity index (χ4v) is 2.87. The molecule has 0 bridgehead atoms. The van der Waals surface area contributed by atoms with Gasteiger partial charge in [0.25, 0.3) is 0 Å². The van der Waals surface area contributed by atoms with Crippen LogP contribution in [0.25, 0.3) is 11.0 Å². The van der Waals surface area contributed by atoms with Crippen LogP contribution in [0.5, 0.6) is 0 Å². The molecule has 3 rings (SSSR count). The second-order valence-electron chi connectivity index (χ2n) is 5.13. The number of benzene rings is 1. The lowest BCUT2D eigenvalue weighted by Gasteiger charge is -2.15. The lowest BCUT2D eigenvalue weighted by Crippen LogP contribution is -2.23. The van der Waals surface area contributed by atoms with E-state index in [-0.39, 0.29) is 6.04 Å². The molecule has 0 aliphatic carbocycles. The van der Waals surface area contributed by atoms with E-state index in [1.807, 2.05) is 42.9 Å². The highest BCUT2D eigenvalue weighted by Gasteiger charge is 2.21. The molecule has 0 aliphatic heterocycles. The van der Waals surface area contributed by atoms with Crippen molar-refractivity contribution in [2.24, 2.45) is 7.05 Å². The van der Waals surface area contributed by atoms with Crippen molar-refractivity contribution in [3.05, 3.63) is 52.5 Å². The highest BCUT2D eigenvalue weighted by molar-refractivity contribution is 6.34. The van der Waals surface area contributed by atoms with E-state index in [2.05, 4.69) is 23.4 Å². The molecule has 1 N–H and O–H groups in total. The lowest BCUT2D eigenvalue weighted by molar-refractivity contribution is 0.459. The molecule has 0 spiro atoms. The molecule has 1 atom stereocenters. The maximum Gasteiger partial charge on any atom is 0.152 e. The number of aromatic nitrogens is 2. The second kappa shape index (κ2) is 5.54. The van der Waals surface area contributed by atoms with Gasteiger partial charge in [-0.1, -0.05) is 30.7 Å². The average molecular weight is 304 g/mol. The molecule has 1 unspecified atom stereocenters. The highest BCUT2D eigenvalue weighted by Crippen LogP contribution is 2.32. The van der Waals surface area contributed by atoms with Gasteiger partial charge in [-0.3, -0.25) is 4.68 Å². The maximum absolute atomic E-state index is 6.20. The van der Waals surface area contributed by atoms with Crippen molar-refractivity contribution in [1.29, 1.82) is 0 Å². The normalized spacial score (nSPS) is 13.0. The number of rotatable bonds is 4. The molecular weight excluding hydrogens is 286 g/mol. The largest absolute Gasteiger partial charge is 0.457 e. The first kappa shape index (κ1) is 14.2. The summed E-state index contributed by atoms with van der Waals surface area (Å²) >= 11 is 6.20. The number of aryl methyl sites for hydroxylation is 2. The third-order valence-electron chi connectivity index (χ3n) is 3.54. The van der Waals surface area contributed by atoms with E-state index in [9.17, 15) is 0 Å². The van der Waals surface area contributed by atoms with Crippen molar-refractivity contribution in [2.75, 3.05) is 6.54 Å². The second-order valence-corrected chi connectivity index (χ2v) is 5.54. The summed E-state index contributed by atoms with van der Waals surface area (Å²) in [6.07, 6.45) is 0. The first-order valence-corrected chi connectivity index (χ1v) is 7.40. The SMILES string of the molecule is CCNC(c1cc2cccc(Cl)c2o1)c1cc(C)nn1C. The molecule has 110 valence electrons. The smallest absolute Gasteiger partial charge is 0.152 e. The van der Waals surface area contributed by atoms with Gasteiger partial charge in [0.15, 0.2) is 5.58 Å². The van der Waals surface area contributed by atoms with Crippen LogP contribution in [-0.4, -0.2) is 16.3 Å². The Morgan fingerprint density at radius 2 is 2.19 bits per heavy atom. The van der Waals surface area contributed by atoms with Crippen molar-refractivity contribution in [3.8, 4) is 0 Å². The van der Waals surface area contributed by atoms with Crippen LogP contribution < -0.4 is 5.32 Å². The Kier molecular flexibility index (Phi) is 3.74. The number of halogens is 1. The molecular formula is C16H18ClN3O. The van der Waals surface area contributed by atoms with Gasteiger partial charge in [0, 0.05) is 12.4 Å². The minimum atomic E-state index is -0.0373. The zero-order valence-electron chi connectivity index (χ0n) is 12.4. The van der Waals surface area contributed by atoms with Gasteiger partial charge in [0.2, 0.25) is 0 Å². The quantitative estimate of drug-likeness (QED) is 0.796. The predicted octanol–water partition coefficient (Wildman–Crippen LogP) is 3.83. The van der Waals surface area contributed by atoms with Gasteiger partial charge in [-0.05, 0) is 31.7 Å². The molecule has 5 heteroatoms. The minimum Gasteiger partial charge on any atom is -0.457 e. The Labute approximate surface area is 128 Å². The zero-order valence-corrected chi connectivity index (χ0v) is 13.1. The zero-order chi connectivity index (χ0) is 15.0. The number of nitrogens with one attached hydrogen (secondary N) is 1. The summed E-state index contributed by atoms with van der Waals surface area (Å²) in [5, 5.41) is 9.52. The van der Waals surface area contributed by atoms with Crippen LogP contribution in [0.15, 0.2) is 34.7 Å². The molecule has 0 aliphatic rings. The van der Waals surface area contributed by atoms with Gasteiger partial charge in [0.05, 0.1) is 16.4 Å². The van der Waals surface area contributed by atoms with Gasteiger partial charge < -0.3 is 9.73 Å². The van der Waals surface area contributed by atoms with E-state index >= 15 is 0 Å². The predicted molar refractivity (Wildman–Crippen MR) is 84.7 cm³/mol. The molecule has 2 aromatic heterocycles. The summed E-state index contributed by atoms with van der Waals surface area (Å²) < 4.78 is 7.88. The number of furan rings is 1. The molecule has 0 saturated heterocycles. The first-order chi connectivity index (χ1) is 10.1. The van der Waals surface area contributed by atoms with E-state index in [0.29, 0.717) is 5.02 Å². The summed E-state index contributed by atoms with van der Waals surface area (Å²) in [6.45, 7) is 4.90. The van der Waals surface area contributed by atoms with E-state index < -0.39 is 0 Å². The van der Waals surface area contributed by atoms with E-state index in [0.717, 1.165) is 34.7 Å². The summed E-state index contributed by atoms with van der Waals surface area (Å²) in [7, 11) is 1.95. The number of nitrogens with zero attached hydrogens (tertiary/aromatic N) is 2. The fraction of sp³-hybridized carbons (Fsp3) is 0.312. The van der Waals surface area contributed by atoms with Crippen LogP contribution in [-0.2, 0) is 7.05 Å². The molecule has 3 aromatic rings. The fourth-order valence-electron chi connectivity index (χ4n) is 2.65. The Balaban J connectivity index is 2.11. The number of fused-ring (bicyclic) bond motifs is 1. The third kappa shape index (κ3) is 2.57. The van der Waals surface area contributed by atoms with E-state index in [1.54, 1.807) is 0 Å². The van der Waals surface area contributed by atoms with Gasteiger partial charge in [0.1, 0.15) is 11.8 Å². The van der Waals surface area contributed by atoms with Gasteiger partial charge in [-0.25, -0.2) is 0 Å². The van der Waals surface area contributed by atoms with E-state index in [4.69, 9.17) is 16.0 Å². The molecule has 0 radical (unpaired) electrons.